The Labute approximate surface area is 215 Å². The third kappa shape index (κ3) is 4.37. The van der Waals surface area contributed by atoms with E-state index >= 15 is 0 Å². The van der Waals surface area contributed by atoms with Gasteiger partial charge in [-0.15, -0.1) is 0 Å². The van der Waals surface area contributed by atoms with Crippen LogP contribution in [-0.4, -0.2) is 55.8 Å². The van der Waals surface area contributed by atoms with Crippen molar-refractivity contribution in [3.05, 3.63) is 90.0 Å². The normalized spacial score (nSPS) is 16.5. The number of methoxy groups -OCH3 is 2. The third-order valence-electron chi connectivity index (χ3n) is 7.21. The summed E-state index contributed by atoms with van der Waals surface area (Å²) in [4.78, 5) is 26.1. The Bertz CT molecular complexity index is 1210. The number of carbonyl (C=O) groups excluding carboxylic acids is 1. The molecular formula is C29H31NO7. The monoisotopic (exact) mass is 505 g/mol. The zero-order valence-corrected chi connectivity index (χ0v) is 21.0. The number of aliphatic carboxylic acids is 1. The summed E-state index contributed by atoms with van der Waals surface area (Å²) in [5.41, 5.74) is 8.49. The molecule has 0 aromatic heterocycles. The van der Waals surface area contributed by atoms with Gasteiger partial charge in [-0.05, 0) is 41.3 Å². The Morgan fingerprint density at radius 1 is 0.892 bits per heavy atom. The Kier molecular flexibility index (Phi) is 7.63. The van der Waals surface area contributed by atoms with Crippen LogP contribution in [0.1, 0.15) is 24.0 Å². The molecule has 1 aliphatic carbocycles. The average molecular weight is 506 g/mol. The molecule has 37 heavy (non-hydrogen) atoms. The highest BCUT2D eigenvalue weighted by Crippen LogP contribution is 2.45. The van der Waals surface area contributed by atoms with Crippen LogP contribution in [0, 0.1) is 5.92 Å². The third-order valence-corrected chi connectivity index (χ3v) is 7.21. The predicted octanol–water partition coefficient (Wildman–Crippen LogP) is 3.83. The Morgan fingerprint density at radius 2 is 1.43 bits per heavy atom. The van der Waals surface area contributed by atoms with Crippen molar-refractivity contribution in [2.75, 3.05) is 27.4 Å². The first kappa shape index (κ1) is 26.3. The summed E-state index contributed by atoms with van der Waals surface area (Å²) in [5, 5.41) is 10.3. The lowest BCUT2D eigenvalue weighted by Crippen LogP contribution is -2.72. The van der Waals surface area contributed by atoms with Gasteiger partial charge in [0, 0.05) is 26.7 Å². The van der Waals surface area contributed by atoms with E-state index in [4.69, 9.17) is 24.7 Å². The first-order chi connectivity index (χ1) is 17.8. The van der Waals surface area contributed by atoms with E-state index in [2.05, 4.69) is 0 Å². The van der Waals surface area contributed by atoms with Crippen LogP contribution in [0.5, 0.6) is 5.75 Å². The minimum atomic E-state index is -2.44. The molecule has 3 N–H and O–H groups in total. The number of carboxylic acids is 1. The number of rotatable bonds is 11. The molecule has 3 aromatic carbocycles. The van der Waals surface area contributed by atoms with Crippen molar-refractivity contribution in [3.8, 4) is 16.9 Å². The van der Waals surface area contributed by atoms with E-state index in [1.54, 1.807) is 30.3 Å². The fourth-order valence-electron chi connectivity index (χ4n) is 5.18. The molecule has 0 aliphatic heterocycles. The molecule has 0 spiro atoms. The summed E-state index contributed by atoms with van der Waals surface area (Å²) in [6.07, 6.45) is 0. The molecule has 8 nitrogen and oxygen atoms in total. The molecule has 0 heterocycles. The van der Waals surface area contributed by atoms with E-state index < -0.39 is 35.8 Å². The van der Waals surface area contributed by atoms with Crippen molar-refractivity contribution < 1.29 is 33.6 Å². The van der Waals surface area contributed by atoms with Gasteiger partial charge in [0.1, 0.15) is 12.4 Å². The van der Waals surface area contributed by atoms with Crippen LogP contribution in [0.2, 0.25) is 0 Å². The molecule has 0 bridgehead atoms. The summed E-state index contributed by atoms with van der Waals surface area (Å²) < 4.78 is 22.8. The van der Waals surface area contributed by atoms with E-state index in [9.17, 15) is 14.7 Å². The van der Waals surface area contributed by atoms with Gasteiger partial charge < -0.3 is 29.8 Å². The number of benzene rings is 3. The van der Waals surface area contributed by atoms with Crippen molar-refractivity contribution in [2.45, 2.75) is 24.2 Å². The fourth-order valence-corrected chi connectivity index (χ4v) is 5.18. The summed E-state index contributed by atoms with van der Waals surface area (Å²) in [5.74, 6) is -5.75. The van der Waals surface area contributed by atoms with Crippen LogP contribution in [0.15, 0.2) is 78.9 Å². The number of carboxylic acid groups (broad SMARTS) is 1. The Morgan fingerprint density at radius 3 is 1.92 bits per heavy atom. The standard InChI is InChI=1S/C29H31NO7/c1-19(28(18-30,34-2)29(35-3,27(32)33)37-20-11-5-4-6-12-20)26(31)36-17-25-23-15-9-7-13-21(23)22-14-8-10-16-24(22)25/h4-16,19,25H,17-18,30H2,1-3H3,(H,32,33). The van der Waals surface area contributed by atoms with E-state index in [1.807, 2.05) is 48.5 Å². The van der Waals surface area contributed by atoms with E-state index in [0.29, 0.717) is 0 Å². The maximum Gasteiger partial charge on any atom is 0.380 e. The highest BCUT2D eigenvalue weighted by atomic mass is 16.7. The maximum absolute atomic E-state index is 13.5. The zero-order chi connectivity index (χ0) is 26.6. The minimum absolute atomic E-state index is 0.0637. The second-order valence-electron chi connectivity index (χ2n) is 8.92. The van der Waals surface area contributed by atoms with Gasteiger partial charge >= 0.3 is 17.7 Å². The lowest BCUT2D eigenvalue weighted by molar-refractivity contribution is -0.286. The van der Waals surface area contributed by atoms with Crippen LogP contribution < -0.4 is 10.5 Å². The highest BCUT2D eigenvalue weighted by molar-refractivity contribution is 5.82. The molecular weight excluding hydrogens is 474 g/mol. The number of ether oxygens (including phenoxy) is 4. The smallest absolute Gasteiger partial charge is 0.380 e. The number of hydrogen-bond acceptors (Lipinski definition) is 7. The van der Waals surface area contributed by atoms with Gasteiger partial charge in [-0.2, -0.15) is 0 Å². The number of fused-ring (bicyclic) bond motifs is 3. The van der Waals surface area contributed by atoms with Gasteiger partial charge in [-0.3, -0.25) is 4.79 Å². The van der Waals surface area contributed by atoms with Crippen molar-refractivity contribution in [1.82, 2.24) is 0 Å². The number of hydrogen-bond donors (Lipinski definition) is 2. The maximum atomic E-state index is 13.5. The molecule has 3 unspecified atom stereocenters. The van der Waals surface area contributed by atoms with Crippen LogP contribution in [-0.2, 0) is 23.8 Å². The molecule has 0 saturated heterocycles. The minimum Gasteiger partial charge on any atom is -0.476 e. The number of nitrogens with two attached hydrogens (primary N) is 1. The molecule has 0 saturated carbocycles. The Hall–Kier alpha value is -3.72. The topological polar surface area (TPSA) is 117 Å². The molecule has 0 fully saturated rings. The van der Waals surface area contributed by atoms with Crippen molar-refractivity contribution in [1.29, 1.82) is 0 Å². The SMILES string of the molecule is COC(Oc1ccccc1)(C(=O)O)C(CN)(OC)C(C)C(=O)OCC1c2ccccc2-c2ccccc21. The van der Waals surface area contributed by atoms with Gasteiger partial charge in [-0.25, -0.2) is 4.79 Å². The summed E-state index contributed by atoms with van der Waals surface area (Å²) >= 11 is 0. The molecule has 1 aliphatic rings. The van der Waals surface area contributed by atoms with E-state index in [1.165, 1.54) is 21.1 Å². The van der Waals surface area contributed by atoms with Crippen molar-refractivity contribution in [2.24, 2.45) is 11.7 Å². The lowest BCUT2D eigenvalue weighted by atomic mass is 9.80. The summed E-state index contributed by atoms with van der Waals surface area (Å²) in [6, 6.07) is 24.3. The fraction of sp³-hybridized carbons (Fsp3) is 0.310. The van der Waals surface area contributed by atoms with Gasteiger partial charge in [0.2, 0.25) is 0 Å². The van der Waals surface area contributed by atoms with E-state index in [-0.39, 0.29) is 18.3 Å². The van der Waals surface area contributed by atoms with Gasteiger partial charge in [0.15, 0.2) is 5.60 Å². The number of carbonyl (C=O) groups is 2. The molecule has 0 amide bonds. The number of para-hydroxylation sites is 1. The highest BCUT2D eigenvalue weighted by Gasteiger charge is 2.65. The lowest BCUT2D eigenvalue weighted by Gasteiger charge is -2.46. The molecule has 3 aromatic rings. The predicted molar refractivity (Wildman–Crippen MR) is 137 cm³/mol. The molecule has 8 heteroatoms. The quantitative estimate of drug-likeness (QED) is 0.298. The second-order valence-corrected chi connectivity index (χ2v) is 8.92. The van der Waals surface area contributed by atoms with Crippen LogP contribution in [0.4, 0.5) is 0 Å². The van der Waals surface area contributed by atoms with Crippen molar-refractivity contribution >= 4 is 11.9 Å². The first-order valence-electron chi connectivity index (χ1n) is 12.0. The largest absolute Gasteiger partial charge is 0.476 e. The van der Waals surface area contributed by atoms with Gasteiger partial charge in [0.05, 0.1) is 5.92 Å². The van der Waals surface area contributed by atoms with Gasteiger partial charge in [0.25, 0.3) is 0 Å². The van der Waals surface area contributed by atoms with Crippen LogP contribution >= 0.6 is 0 Å². The molecule has 194 valence electrons. The zero-order valence-electron chi connectivity index (χ0n) is 21.0. The molecule has 3 atom stereocenters. The van der Waals surface area contributed by atoms with E-state index in [0.717, 1.165) is 22.3 Å². The molecule has 0 radical (unpaired) electrons. The Balaban J connectivity index is 1.63. The van der Waals surface area contributed by atoms with Crippen molar-refractivity contribution in [3.63, 3.8) is 0 Å². The first-order valence-corrected chi connectivity index (χ1v) is 12.0. The van der Waals surface area contributed by atoms with Crippen LogP contribution in [0.25, 0.3) is 11.1 Å². The van der Waals surface area contributed by atoms with Crippen LogP contribution in [0.3, 0.4) is 0 Å². The summed E-state index contributed by atoms with van der Waals surface area (Å²) in [7, 11) is 2.44. The second kappa shape index (κ2) is 10.7. The summed E-state index contributed by atoms with van der Waals surface area (Å²) in [6.45, 7) is 1.16. The molecule has 4 rings (SSSR count). The number of esters is 1. The van der Waals surface area contributed by atoms with Gasteiger partial charge in [-0.1, -0.05) is 66.7 Å². The average Bonchev–Trinajstić information content (AvgIpc) is 3.25.